The van der Waals surface area contributed by atoms with Crippen LogP contribution in [0.15, 0.2) is 23.1 Å². The lowest BCUT2D eigenvalue weighted by Gasteiger charge is -2.48. The van der Waals surface area contributed by atoms with Gasteiger partial charge in [0.15, 0.2) is 0 Å². The fourth-order valence-electron chi connectivity index (χ4n) is 2.08. The molecule has 0 fully saturated rings. The molecule has 4 nitrogen and oxygen atoms in total. The number of benzene rings is 1. The van der Waals surface area contributed by atoms with Crippen LogP contribution in [0, 0.1) is 0 Å². The van der Waals surface area contributed by atoms with Crippen molar-refractivity contribution in [3.05, 3.63) is 29.3 Å². The van der Waals surface area contributed by atoms with Gasteiger partial charge in [-0.2, -0.15) is 0 Å². The van der Waals surface area contributed by atoms with Crippen molar-refractivity contribution in [3.63, 3.8) is 0 Å². The van der Waals surface area contributed by atoms with E-state index in [4.69, 9.17) is 9.47 Å². The van der Waals surface area contributed by atoms with Crippen molar-refractivity contribution in [3.8, 4) is 0 Å². The van der Waals surface area contributed by atoms with E-state index in [-0.39, 0.29) is 18.8 Å². The fraction of sp³-hybridized carbons (Fsp3) is 0.500. The van der Waals surface area contributed by atoms with Crippen LogP contribution in [0.2, 0.25) is 0 Å². The summed E-state index contributed by atoms with van der Waals surface area (Å²) >= 11 is 0. The molecule has 0 saturated carbocycles. The van der Waals surface area contributed by atoms with E-state index in [9.17, 15) is 9.59 Å². The molecule has 0 radical (unpaired) electrons. The van der Waals surface area contributed by atoms with E-state index in [2.05, 4.69) is 25.0 Å². The highest BCUT2D eigenvalue weighted by Gasteiger charge is 2.31. The van der Waals surface area contributed by atoms with Crippen molar-refractivity contribution in [2.75, 3.05) is 38.2 Å². The first-order valence-electron chi connectivity index (χ1n) is 7.06. The van der Waals surface area contributed by atoms with E-state index in [1.165, 1.54) is 0 Å². The van der Waals surface area contributed by atoms with E-state index in [0.717, 1.165) is 4.90 Å². The number of hydrogen-bond acceptors (Lipinski definition) is 4. The molecule has 0 saturated heterocycles. The zero-order valence-electron chi connectivity index (χ0n) is 13.7. The highest BCUT2D eigenvalue weighted by atomic mass is 32.3. The van der Waals surface area contributed by atoms with Gasteiger partial charge in [0.05, 0.1) is 24.3 Å². The molecule has 1 aromatic carbocycles. The Morgan fingerprint density at radius 1 is 0.952 bits per heavy atom. The van der Waals surface area contributed by atoms with E-state index in [1.54, 1.807) is 26.0 Å². The molecule has 5 heteroatoms. The van der Waals surface area contributed by atoms with E-state index in [1.807, 2.05) is 6.07 Å². The van der Waals surface area contributed by atoms with Gasteiger partial charge in [0.25, 0.3) is 0 Å². The van der Waals surface area contributed by atoms with Crippen LogP contribution in [-0.2, 0) is 9.47 Å². The maximum atomic E-state index is 12.4. The predicted octanol–water partition coefficient (Wildman–Crippen LogP) is 2.99. The summed E-state index contributed by atoms with van der Waals surface area (Å²) in [5, 5.41) is 0. The number of rotatable bonds is 5. The molecule has 0 aliphatic rings. The highest BCUT2D eigenvalue weighted by molar-refractivity contribution is 8.47. The summed E-state index contributed by atoms with van der Waals surface area (Å²) in [6, 6.07) is 5.33. The summed E-state index contributed by atoms with van der Waals surface area (Å²) in [6.07, 6.45) is 8.55. The number of hydrogen-bond donors (Lipinski definition) is 1. The second-order valence-corrected chi connectivity index (χ2v) is 14.4. The maximum Gasteiger partial charge on any atom is 0.340 e. The molecule has 0 heterocycles. The largest absolute Gasteiger partial charge is 0.462 e. The van der Waals surface area contributed by atoms with Gasteiger partial charge in [-0.15, -0.1) is 0 Å². The normalized spacial score (nSPS) is 13.1. The summed E-state index contributed by atoms with van der Waals surface area (Å²) in [4.78, 5) is 25.4. The van der Waals surface area contributed by atoms with Crippen molar-refractivity contribution in [1.82, 2.24) is 0 Å². The van der Waals surface area contributed by atoms with Gasteiger partial charge in [-0.1, -0.05) is 12.1 Å². The third-order valence-electron chi connectivity index (χ3n) is 2.98. The van der Waals surface area contributed by atoms with Crippen molar-refractivity contribution >= 4 is 21.1 Å². The quantitative estimate of drug-likeness (QED) is 0.670. The Hall–Kier alpha value is -1.49. The Bertz CT molecular complexity index is 546. The van der Waals surface area contributed by atoms with Gasteiger partial charge in [0.2, 0.25) is 0 Å². The maximum absolute atomic E-state index is 12.4. The van der Waals surface area contributed by atoms with Gasteiger partial charge >= 0.3 is 11.9 Å². The second kappa shape index (κ2) is 6.10. The Morgan fingerprint density at radius 3 is 1.95 bits per heavy atom. The van der Waals surface area contributed by atoms with Crippen LogP contribution < -0.4 is 0 Å². The lowest BCUT2D eigenvalue weighted by atomic mass is 10.1. The van der Waals surface area contributed by atoms with Crippen molar-refractivity contribution in [1.29, 1.82) is 0 Å². The lowest BCUT2D eigenvalue weighted by molar-refractivity contribution is 0.0475. The Balaban J connectivity index is 3.57. The minimum Gasteiger partial charge on any atom is -0.462 e. The predicted molar refractivity (Wildman–Crippen MR) is 89.3 cm³/mol. The summed E-state index contributed by atoms with van der Waals surface area (Å²) < 4.78 is 10.2. The second-order valence-electron chi connectivity index (χ2n) is 6.72. The Labute approximate surface area is 127 Å². The van der Waals surface area contributed by atoms with Crippen LogP contribution in [0.4, 0.5) is 0 Å². The standard InChI is InChI=1S/C16H26O4S/c1-7-19-15(17)12-10-9-11-13(21(3,4,5)6)14(12)16(18)20-8-2/h9-11,21H,7-8H2,1-6H3. The van der Waals surface area contributed by atoms with Crippen LogP contribution in [-0.4, -0.2) is 50.2 Å². The molecule has 0 amide bonds. The van der Waals surface area contributed by atoms with E-state index >= 15 is 0 Å². The molecule has 21 heavy (non-hydrogen) atoms. The van der Waals surface area contributed by atoms with Gasteiger partial charge in [-0.3, -0.25) is 9.16 Å². The first-order valence-corrected chi connectivity index (χ1v) is 11.1. The first kappa shape index (κ1) is 17.6. The SMILES string of the molecule is CCOC(=O)c1cccc([SH](C)(C)(C)C)c1C(=O)OCC. The molecule has 0 N–H and O–H groups in total. The van der Waals surface area contributed by atoms with Crippen molar-refractivity contribution in [2.24, 2.45) is 0 Å². The van der Waals surface area contributed by atoms with E-state index in [0.29, 0.717) is 5.56 Å². The average molecular weight is 314 g/mol. The summed E-state index contributed by atoms with van der Waals surface area (Å²) in [5.41, 5.74) is 0.639. The molecular weight excluding hydrogens is 288 g/mol. The Morgan fingerprint density at radius 2 is 1.48 bits per heavy atom. The molecule has 1 rings (SSSR count). The van der Waals surface area contributed by atoms with Gasteiger partial charge in [-0.05, 0) is 49.8 Å². The topological polar surface area (TPSA) is 52.6 Å². The summed E-state index contributed by atoms with van der Waals surface area (Å²) in [6.45, 7) is 4.03. The molecule has 0 aliphatic carbocycles. The van der Waals surface area contributed by atoms with Crippen LogP contribution in [0.5, 0.6) is 0 Å². The van der Waals surface area contributed by atoms with Crippen LogP contribution in [0.25, 0.3) is 0 Å². The Kier molecular flexibility index (Phi) is 5.10. The van der Waals surface area contributed by atoms with Gasteiger partial charge in [-0.25, -0.2) is 9.59 Å². The molecule has 0 aromatic heterocycles. The lowest BCUT2D eigenvalue weighted by Crippen LogP contribution is -2.21. The van der Waals surface area contributed by atoms with Crippen LogP contribution in [0.1, 0.15) is 34.6 Å². The van der Waals surface area contributed by atoms with Gasteiger partial charge in [0.1, 0.15) is 0 Å². The minimum atomic E-state index is -2.25. The average Bonchev–Trinajstić information content (AvgIpc) is 2.36. The minimum absolute atomic E-state index is 0.269. The molecule has 1 aromatic rings. The summed E-state index contributed by atoms with van der Waals surface area (Å²) in [5.74, 6) is -0.944. The monoisotopic (exact) mass is 314 g/mol. The third kappa shape index (κ3) is 4.24. The number of carbonyl (C=O) groups is 2. The van der Waals surface area contributed by atoms with Crippen LogP contribution >= 0.6 is 9.16 Å². The van der Waals surface area contributed by atoms with Crippen molar-refractivity contribution < 1.29 is 19.1 Å². The summed E-state index contributed by atoms with van der Waals surface area (Å²) in [7, 11) is -2.25. The smallest absolute Gasteiger partial charge is 0.340 e. The van der Waals surface area contributed by atoms with E-state index < -0.39 is 21.1 Å². The zero-order valence-corrected chi connectivity index (χ0v) is 14.6. The first-order chi connectivity index (χ1) is 9.58. The third-order valence-corrected chi connectivity index (χ3v) is 5.28. The van der Waals surface area contributed by atoms with Crippen molar-refractivity contribution in [2.45, 2.75) is 18.7 Å². The molecule has 0 spiro atoms. The number of carbonyl (C=O) groups excluding carboxylic acids is 2. The number of ether oxygens (including phenoxy) is 2. The molecule has 120 valence electrons. The fourth-order valence-corrected chi connectivity index (χ4v) is 3.87. The molecule has 0 unspecified atom stereocenters. The molecular formula is C16H26O4S. The molecule has 0 bridgehead atoms. The number of esters is 2. The number of thiol groups is 1. The van der Waals surface area contributed by atoms with Crippen LogP contribution in [0.3, 0.4) is 0 Å². The molecule has 0 aliphatic heterocycles. The highest BCUT2D eigenvalue weighted by Crippen LogP contribution is 2.64. The zero-order chi connectivity index (χ0) is 16.3. The molecule has 0 atom stereocenters. The van der Waals surface area contributed by atoms with Gasteiger partial charge in [0, 0.05) is 0 Å². The van der Waals surface area contributed by atoms with Gasteiger partial charge < -0.3 is 9.47 Å².